The summed E-state index contributed by atoms with van der Waals surface area (Å²) in [6.07, 6.45) is 0.369. The molecule has 0 atom stereocenters. The maximum atomic E-state index is 9.24. The summed E-state index contributed by atoms with van der Waals surface area (Å²) >= 11 is 1.67. The number of ether oxygens (including phenoxy) is 1. The number of aromatic nitrogens is 2. The minimum atomic E-state index is 0.300. The molecule has 2 aromatic heterocycles. The second-order valence-corrected chi connectivity index (χ2v) is 6.97. The van der Waals surface area contributed by atoms with Crippen LogP contribution in [0.5, 0.6) is 5.75 Å². The molecule has 0 unspecified atom stereocenters. The van der Waals surface area contributed by atoms with E-state index < -0.39 is 0 Å². The van der Waals surface area contributed by atoms with Crippen LogP contribution in [-0.4, -0.2) is 16.5 Å². The summed E-state index contributed by atoms with van der Waals surface area (Å²) < 4.78 is 7.40. The van der Waals surface area contributed by atoms with Crippen molar-refractivity contribution < 1.29 is 4.74 Å². The molecule has 0 saturated carbocycles. The predicted octanol–water partition coefficient (Wildman–Crippen LogP) is 4.57. The largest absolute Gasteiger partial charge is 0.497 e. The van der Waals surface area contributed by atoms with Gasteiger partial charge in [0.2, 0.25) is 0 Å². The van der Waals surface area contributed by atoms with Gasteiger partial charge in [-0.05, 0) is 42.7 Å². The standard InChI is InChI=1S/C18H19N3OS/c1-11(2)16-15(9-10-19)21-17(12(3)23-18(21)20-16)13-5-7-14(22-4)8-6-13/h5-8,11H,9H2,1-4H3. The zero-order chi connectivity index (χ0) is 16.6. The van der Waals surface area contributed by atoms with Gasteiger partial charge in [0.05, 0.1) is 36.7 Å². The third-order valence-electron chi connectivity index (χ3n) is 3.93. The quantitative estimate of drug-likeness (QED) is 0.706. The summed E-state index contributed by atoms with van der Waals surface area (Å²) in [5, 5.41) is 9.24. The third-order valence-corrected chi connectivity index (χ3v) is 4.89. The number of thiazole rings is 1. The van der Waals surface area contributed by atoms with Gasteiger partial charge in [-0.15, -0.1) is 11.3 Å². The first-order chi connectivity index (χ1) is 11.1. The van der Waals surface area contributed by atoms with E-state index in [1.807, 2.05) is 12.1 Å². The Morgan fingerprint density at radius 1 is 1.30 bits per heavy atom. The van der Waals surface area contributed by atoms with Crippen molar-refractivity contribution in [1.29, 1.82) is 5.26 Å². The Labute approximate surface area is 140 Å². The lowest BCUT2D eigenvalue weighted by atomic mass is 10.1. The summed E-state index contributed by atoms with van der Waals surface area (Å²) in [6.45, 7) is 6.34. The van der Waals surface area contributed by atoms with Gasteiger partial charge in [0.25, 0.3) is 0 Å². The van der Waals surface area contributed by atoms with E-state index in [1.54, 1.807) is 18.4 Å². The molecule has 0 saturated heterocycles. The smallest absolute Gasteiger partial charge is 0.194 e. The summed E-state index contributed by atoms with van der Waals surface area (Å²) in [7, 11) is 1.67. The van der Waals surface area contributed by atoms with Crippen molar-refractivity contribution in [2.24, 2.45) is 0 Å². The number of rotatable bonds is 4. The fourth-order valence-corrected chi connectivity index (χ4v) is 3.89. The summed E-state index contributed by atoms with van der Waals surface area (Å²) in [6, 6.07) is 10.3. The molecule has 0 aliphatic heterocycles. The van der Waals surface area contributed by atoms with Crippen molar-refractivity contribution >= 4 is 16.3 Å². The first-order valence-electron chi connectivity index (χ1n) is 7.58. The Kier molecular flexibility index (Phi) is 4.10. The monoisotopic (exact) mass is 325 g/mol. The van der Waals surface area contributed by atoms with Crippen LogP contribution in [0.15, 0.2) is 24.3 Å². The highest BCUT2D eigenvalue weighted by molar-refractivity contribution is 7.17. The molecule has 23 heavy (non-hydrogen) atoms. The molecule has 3 rings (SSSR count). The van der Waals surface area contributed by atoms with E-state index >= 15 is 0 Å². The Morgan fingerprint density at radius 3 is 2.57 bits per heavy atom. The molecule has 0 aliphatic carbocycles. The molecule has 0 fully saturated rings. The SMILES string of the molecule is COc1ccc(-c2c(C)sc3nc(C(C)C)c(CC#N)n23)cc1. The van der Waals surface area contributed by atoms with Gasteiger partial charge in [-0.2, -0.15) is 5.26 Å². The number of nitrogens with zero attached hydrogens (tertiary/aromatic N) is 3. The number of benzene rings is 1. The molecule has 4 nitrogen and oxygen atoms in total. The molecule has 0 aliphatic rings. The van der Waals surface area contributed by atoms with Crippen LogP contribution >= 0.6 is 11.3 Å². The van der Waals surface area contributed by atoms with Crippen LogP contribution in [0.2, 0.25) is 0 Å². The molecular weight excluding hydrogens is 306 g/mol. The Balaban J connectivity index is 2.26. The maximum Gasteiger partial charge on any atom is 0.194 e. The van der Waals surface area contributed by atoms with Crippen LogP contribution in [0.3, 0.4) is 0 Å². The zero-order valence-electron chi connectivity index (χ0n) is 13.8. The predicted molar refractivity (Wildman–Crippen MR) is 93.2 cm³/mol. The van der Waals surface area contributed by atoms with E-state index in [-0.39, 0.29) is 0 Å². The maximum absolute atomic E-state index is 9.24. The first kappa shape index (κ1) is 15.6. The van der Waals surface area contributed by atoms with Crippen LogP contribution in [0, 0.1) is 18.3 Å². The molecule has 5 heteroatoms. The minimum Gasteiger partial charge on any atom is -0.497 e. The van der Waals surface area contributed by atoms with Crippen LogP contribution in [0.1, 0.15) is 36.0 Å². The van der Waals surface area contributed by atoms with Crippen molar-refractivity contribution in [2.75, 3.05) is 7.11 Å². The van der Waals surface area contributed by atoms with Crippen molar-refractivity contribution in [1.82, 2.24) is 9.38 Å². The van der Waals surface area contributed by atoms with Gasteiger partial charge >= 0.3 is 0 Å². The van der Waals surface area contributed by atoms with E-state index in [0.29, 0.717) is 12.3 Å². The minimum absolute atomic E-state index is 0.300. The van der Waals surface area contributed by atoms with Gasteiger partial charge in [0, 0.05) is 4.88 Å². The normalized spacial score (nSPS) is 11.1. The van der Waals surface area contributed by atoms with Gasteiger partial charge < -0.3 is 4.74 Å². The molecule has 0 bridgehead atoms. The number of imidazole rings is 1. The first-order valence-corrected chi connectivity index (χ1v) is 8.40. The van der Waals surface area contributed by atoms with Gasteiger partial charge in [-0.25, -0.2) is 4.98 Å². The van der Waals surface area contributed by atoms with Gasteiger partial charge in [-0.1, -0.05) is 13.8 Å². The highest BCUT2D eigenvalue weighted by atomic mass is 32.1. The van der Waals surface area contributed by atoms with Crippen LogP contribution < -0.4 is 4.74 Å². The molecular formula is C18H19N3OS. The Hall–Kier alpha value is -2.32. The molecule has 0 N–H and O–H groups in total. The van der Waals surface area contributed by atoms with E-state index in [4.69, 9.17) is 9.72 Å². The summed E-state index contributed by atoms with van der Waals surface area (Å²) in [4.78, 5) is 6.94. The average molecular weight is 325 g/mol. The average Bonchev–Trinajstić information content (AvgIpc) is 3.03. The highest BCUT2D eigenvalue weighted by Crippen LogP contribution is 2.35. The van der Waals surface area contributed by atoms with E-state index in [0.717, 1.165) is 33.4 Å². The second kappa shape index (κ2) is 6.05. The van der Waals surface area contributed by atoms with Gasteiger partial charge in [0.1, 0.15) is 5.75 Å². The van der Waals surface area contributed by atoms with Gasteiger partial charge in [0.15, 0.2) is 4.96 Å². The number of hydrogen-bond acceptors (Lipinski definition) is 4. The Morgan fingerprint density at radius 2 is 2.00 bits per heavy atom. The van der Waals surface area contributed by atoms with Crippen LogP contribution in [0.4, 0.5) is 0 Å². The summed E-state index contributed by atoms with van der Waals surface area (Å²) in [5.74, 6) is 1.14. The highest BCUT2D eigenvalue weighted by Gasteiger charge is 2.21. The number of methoxy groups -OCH3 is 1. The number of nitriles is 1. The van der Waals surface area contributed by atoms with Crippen molar-refractivity contribution in [3.8, 4) is 23.1 Å². The topological polar surface area (TPSA) is 50.3 Å². The van der Waals surface area contributed by atoms with Crippen LogP contribution in [0.25, 0.3) is 16.2 Å². The molecule has 0 amide bonds. The number of fused-ring (bicyclic) bond motifs is 1. The lowest BCUT2D eigenvalue weighted by molar-refractivity contribution is 0.415. The number of hydrogen-bond donors (Lipinski definition) is 0. The number of aryl methyl sites for hydroxylation is 1. The summed E-state index contributed by atoms with van der Waals surface area (Å²) in [5.41, 5.74) is 4.26. The molecule has 0 spiro atoms. The van der Waals surface area contributed by atoms with E-state index in [1.165, 1.54) is 4.88 Å². The van der Waals surface area contributed by atoms with Crippen molar-refractivity contribution in [2.45, 2.75) is 33.1 Å². The molecule has 0 radical (unpaired) electrons. The van der Waals surface area contributed by atoms with E-state index in [9.17, 15) is 5.26 Å². The van der Waals surface area contributed by atoms with Crippen LogP contribution in [-0.2, 0) is 6.42 Å². The zero-order valence-corrected chi connectivity index (χ0v) is 14.6. The fraction of sp³-hybridized carbons (Fsp3) is 0.333. The molecule has 3 aromatic rings. The van der Waals surface area contributed by atoms with E-state index in [2.05, 4.69) is 43.4 Å². The lowest BCUT2D eigenvalue weighted by Gasteiger charge is -2.08. The Bertz CT molecular complexity index is 882. The van der Waals surface area contributed by atoms with Gasteiger partial charge in [-0.3, -0.25) is 4.40 Å². The third kappa shape index (κ3) is 2.60. The van der Waals surface area contributed by atoms with Crippen molar-refractivity contribution in [3.05, 3.63) is 40.5 Å². The fourth-order valence-electron chi connectivity index (χ4n) is 2.88. The molecule has 2 heterocycles. The molecule has 1 aromatic carbocycles. The second-order valence-electron chi connectivity index (χ2n) is 5.79. The molecule has 118 valence electrons. The lowest BCUT2D eigenvalue weighted by Crippen LogP contribution is -1.99. The van der Waals surface area contributed by atoms with Crippen molar-refractivity contribution in [3.63, 3.8) is 0 Å².